The molecule has 0 saturated carbocycles. The van der Waals surface area contributed by atoms with E-state index in [1.807, 2.05) is 0 Å². The van der Waals surface area contributed by atoms with Gasteiger partial charge in [0.15, 0.2) is 9.76 Å². The molecule has 0 amide bonds. The summed E-state index contributed by atoms with van der Waals surface area (Å²) in [7, 11) is -0.677. The molecule has 0 bridgehead atoms. The third-order valence-corrected chi connectivity index (χ3v) is 1.53. The molecule has 5 heteroatoms. The van der Waals surface area contributed by atoms with E-state index in [1.165, 1.54) is 0 Å². The standard InChI is InChI=1S/C3H11NOSi.C2H6O2/c4-2-1-3-6-5;3-1-2-4/h5H,1-4,6H2;3-4H,1-2H2. The molecule has 0 rings (SSSR count). The first-order valence-corrected chi connectivity index (χ1v) is 4.99. The van der Waals surface area contributed by atoms with Crippen LogP contribution in [0.2, 0.25) is 6.04 Å². The van der Waals surface area contributed by atoms with Crippen molar-refractivity contribution in [2.45, 2.75) is 12.5 Å². The van der Waals surface area contributed by atoms with Crippen LogP contribution >= 0.6 is 0 Å². The lowest BCUT2D eigenvalue weighted by atomic mass is 10.5. The number of nitrogens with two attached hydrogens (primary N) is 1. The van der Waals surface area contributed by atoms with E-state index in [0.29, 0.717) is 0 Å². The van der Waals surface area contributed by atoms with Crippen molar-refractivity contribution >= 4 is 9.76 Å². The molecule has 0 unspecified atom stereocenters. The van der Waals surface area contributed by atoms with Gasteiger partial charge >= 0.3 is 0 Å². The summed E-state index contributed by atoms with van der Waals surface area (Å²) < 4.78 is 0. The topological polar surface area (TPSA) is 86.7 Å². The van der Waals surface area contributed by atoms with Crippen LogP contribution in [0.1, 0.15) is 6.42 Å². The summed E-state index contributed by atoms with van der Waals surface area (Å²) in [6.07, 6.45) is 1.00. The molecule has 0 aromatic heterocycles. The fourth-order valence-corrected chi connectivity index (χ4v) is 0.768. The quantitative estimate of drug-likeness (QED) is 0.283. The van der Waals surface area contributed by atoms with Crippen LogP contribution in [0.15, 0.2) is 0 Å². The zero-order chi connectivity index (χ0) is 8.24. The Morgan fingerprint density at radius 1 is 1.20 bits per heavy atom. The molecule has 0 aromatic carbocycles. The Labute approximate surface area is 63.6 Å². The highest BCUT2D eigenvalue weighted by molar-refractivity contribution is 6.25. The van der Waals surface area contributed by atoms with Crippen molar-refractivity contribution in [1.82, 2.24) is 0 Å². The summed E-state index contributed by atoms with van der Waals surface area (Å²) in [4.78, 5) is 8.28. The van der Waals surface area contributed by atoms with Crippen molar-refractivity contribution in [1.29, 1.82) is 0 Å². The number of hydrogen-bond acceptors (Lipinski definition) is 4. The molecule has 0 radical (unpaired) electrons. The average Bonchev–Trinajstić information content (AvgIpc) is 2.01. The van der Waals surface area contributed by atoms with E-state index in [1.54, 1.807) is 0 Å². The molecule has 0 atom stereocenters. The van der Waals surface area contributed by atoms with Gasteiger partial charge in [0, 0.05) is 0 Å². The van der Waals surface area contributed by atoms with Gasteiger partial charge in [-0.3, -0.25) is 0 Å². The van der Waals surface area contributed by atoms with Crippen molar-refractivity contribution in [2.24, 2.45) is 5.73 Å². The summed E-state index contributed by atoms with van der Waals surface area (Å²) in [5.74, 6) is 0. The molecule has 0 heterocycles. The van der Waals surface area contributed by atoms with E-state index in [2.05, 4.69) is 0 Å². The van der Waals surface area contributed by atoms with E-state index in [4.69, 9.17) is 20.7 Å². The van der Waals surface area contributed by atoms with Gasteiger partial charge in [0.25, 0.3) is 0 Å². The Bertz CT molecular complexity index is 41.9. The fraction of sp³-hybridized carbons (Fsp3) is 1.00. The molecule has 0 aliphatic carbocycles. The predicted octanol–water partition coefficient (Wildman–Crippen LogP) is -2.20. The Balaban J connectivity index is 0. The van der Waals surface area contributed by atoms with Gasteiger partial charge in [-0.2, -0.15) is 0 Å². The number of aliphatic hydroxyl groups is 2. The lowest BCUT2D eigenvalue weighted by Crippen LogP contribution is -1.99. The Morgan fingerprint density at radius 2 is 1.70 bits per heavy atom. The summed E-state index contributed by atoms with van der Waals surface area (Å²) in [5.41, 5.74) is 5.13. The normalized spacial score (nSPS) is 9.60. The zero-order valence-electron chi connectivity index (χ0n) is 6.16. The van der Waals surface area contributed by atoms with Gasteiger partial charge < -0.3 is 20.7 Å². The van der Waals surface area contributed by atoms with Crippen molar-refractivity contribution in [2.75, 3.05) is 19.8 Å². The van der Waals surface area contributed by atoms with Crippen molar-refractivity contribution in [3.05, 3.63) is 0 Å². The minimum Gasteiger partial charge on any atom is -0.438 e. The van der Waals surface area contributed by atoms with Crippen LogP contribution < -0.4 is 5.73 Å². The number of aliphatic hydroxyl groups excluding tert-OH is 2. The molecule has 0 aromatic rings. The lowest BCUT2D eigenvalue weighted by molar-refractivity contribution is 0.186. The van der Waals surface area contributed by atoms with Crippen LogP contribution in [0.4, 0.5) is 0 Å². The summed E-state index contributed by atoms with van der Waals surface area (Å²) in [5, 5.41) is 15.2. The molecular weight excluding hydrogens is 150 g/mol. The van der Waals surface area contributed by atoms with Gasteiger partial charge in [-0.15, -0.1) is 0 Å². The first kappa shape index (κ1) is 12.7. The molecular formula is C5H17NO3Si. The molecule has 64 valence electrons. The second-order valence-electron chi connectivity index (χ2n) is 1.67. The highest BCUT2D eigenvalue weighted by Gasteiger charge is 1.78. The SMILES string of the molecule is NCCC[SiH2]O.OCCO. The molecule has 10 heavy (non-hydrogen) atoms. The maximum atomic E-state index is 8.28. The summed E-state index contributed by atoms with van der Waals surface area (Å²) in [6.45, 7) is 0.480. The van der Waals surface area contributed by atoms with Crippen LogP contribution in [0.25, 0.3) is 0 Å². The largest absolute Gasteiger partial charge is 0.438 e. The lowest BCUT2D eigenvalue weighted by Gasteiger charge is -1.85. The van der Waals surface area contributed by atoms with Crippen LogP contribution in [0.5, 0.6) is 0 Å². The first-order valence-electron chi connectivity index (χ1n) is 3.36. The summed E-state index contributed by atoms with van der Waals surface area (Å²) >= 11 is 0. The van der Waals surface area contributed by atoms with Crippen molar-refractivity contribution in [3.8, 4) is 0 Å². The Kier molecular flexibility index (Phi) is 20.4. The van der Waals surface area contributed by atoms with Gasteiger partial charge in [-0.25, -0.2) is 0 Å². The van der Waals surface area contributed by atoms with Gasteiger partial charge in [0.2, 0.25) is 0 Å². The van der Waals surface area contributed by atoms with E-state index in [-0.39, 0.29) is 13.2 Å². The first-order chi connectivity index (χ1) is 4.83. The summed E-state index contributed by atoms with van der Waals surface area (Å²) in [6, 6.07) is 0.983. The van der Waals surface area contributed by atoms with E-state index < -0.39 is 9.76 Å². The number of rotatable bonds is 4. The highest BCUT2D eigenvalue weighted by atomic mass is 28.2. The third kappa shape index (κ3) is 24.4. The van der Waals surface area contributed by atoms with Gasteiger partial charge in [-0.05, 0) is 19.0 Å². The second-order valence-corrected chi connectivity index (χ2v) is 2.82. The minimum atomic E-state index is -0.677. The molecule has 0 fully saturated rings. The maximum absolute atomic E-state index is 8.28. The second kappa shape index (κ2) is 16.0. The van der Waals surface area contributed by atoms with Gasteiger partial charge in [0.1, 0.15) is 0 Å². The van der Waals surface area contributed by atoms with Crippen molar-refractivity contribution in [3.63, 3.8) is 0 Å². The van der Waals surface area contributed by atoms with Gasteiger partial charge in [-0.1, -0.05) is 0 Å². The van der Waals surface area contributed by atoms with Crippen molar-refractivity contribution < 1.29 is 15.0 Å². The molecule has 0 saturated heterocycles. The number of hydrogen-bond donors (Lipinski definition) is 4. The molecule has 0 aliphatic rings. The average molecular weight is 167 g/mol. The van der Waals surface area contributed by atoms with Crippen LogP contribution in [-0.4, -0.2) is 44.5 Å². The Hall–Kier alpha value is 0.0569. The molecule has 0 aliphatic heterocycles. The fourth-order valence-electron chi connectivity index (χ4n) is 0.256. The maximum Gasteiger partial charge on any atom is 0.156 e. The predicted molar refractivity (Wildman–Crippen MR) is 43.4 cm³/mol. The van der Waals surface area contributed by atoms with Gasteiger partial charge in [0.05, 0.1) is 13.2 Å². The monoisotopic (exact) mass is 167 g/mol. The molecule has 4 nitrogen and oxygen atoms in total. The minimum absolute atomic E-state index is 0.125. The van der Waals surface area contributed by atoms with Crippen LogP contribution in [-0.2, 0) is 0 Å². The van der Waals surface area contributed by atoms with E-state index >= 15 is 0 Å². The van der Waals surface area contributed by atoms with Crippen LogP contribution in [0.3, 0.4) is 0 Å². The van der Waals surface area contributed by atoms with E-state index in [9.17, 15) is 0 Å². The Morgan fingerprint density at radius 3 is 1.80 bits per heavy atom. The highest BCUT2D eigenvalue weighted by Crippen LogP contribution is 1.79. The zero-order valence-corrected chi connectivity index (χ0v) is 7.58. The van der Waals surface area contributed by atoms with E-state index in [0.717, 1.165) is 19.0 Å². The molecule has 5 N–H and O–H groups in total. The molecule has 0 spiro atoms. The third-order valence-electron chi connectivity index (χ3n) is 0.712. The smallest absolute Gasteiger partial charge is 0.156 e. The van der Waals surface area contributed by atoms with Crippen LogP contribution in [0, 0.1) is 0 Å².